The molecule has 1 nitrogen and oxygen atoms in total. The van der Waals surface area contributed by atoms with Crippen LogP contribution in [0.15, 0.2) is 18.3 Å². The number of rotatable bonds is 0. The molecule has 0 unspecified atom stereocenters. The third-order valence-corrected chi connectivity index (χ3v) is 5.13. The zero-order valence-electron chi connectivity index (χ0n) is 4.18. The van der Waals surface area contributed by atoms with Crippen LogP contribution in [0.4, 0.5) is 0 Å². The fourth-order valence-electron chi connectivity index (χ4n) is 0.405. The maximum absolute atomic E-state index is 4.14. The van der Waals surface area contributed by atoms with Crippen LogP contribution in [0.2, 0.25) is 0 Å². The Morgan fingerprint density at radius 3 is 2.50 bits per heavy atom. The van der Waals surface area contributed by atoms with Crippen LogP contribution in [0.5, 0.6) is 0 Å². The van der Waals surface area contributed by atoms with Crippen LogP contribution in [0.1, 0.15) is 0 Å². The normalized spacial score (nSPS) is 9.25. The van der Waals surface area contributed by atoms with Crippen molar-refractivity contribution in [2.75, 3.05) is 0 Å². The molecule has 0 aliphatic rings. The van der Waals surface area contributed by atoms with Crippen molar-refractivity contribution in [1.82, 2.24) is 4.98 Å². The third-order valence-electron chi connectivity index (χ3n) is 0.808. The molecule has 0 aliphatic carbocycles. The van der Waals surface area contributed by atoms with Gasteiger partial charge in [-0.3, -0.25) is 0 Å². The Morgan fingerprint density at radius 1 is 1.38 bits per heavy atom. The standard InChI is InChI=1S/C5H3N.2Sn/c1-2-4-6-5-3-1;;/h1-2,4H;;. The second-order valence-electron chi connectivity index (χ2n) is 1.40. The SMILES string of the molecule is [Sn][c]1cccn[c]1[Sn]. The Kier molecular flexibility index (Phi) is 2.62. The number of hydrogen-bond donors (Lipinski definition) is 0. The molecule has 0 saturated carbocycles. The van der Waals surface area contributed by atoms with Crippen molar-refractivity contribution in [3.63, 3.8) is 0 Å². The van der Waals surface area contributed by atoms with Crippen LogP contribution in [0.25, 0.3) is 0 Å². The molecule has 0 amide bonds. The molecule has 36 valence electrons. The topological polar surface area (TPSA) is 12.9 Å². The van der Waals surface area contributed by atoms with Crippen molar-refractivity contribution >= 4 is 52.3 Å². The van der Waals surface area contributed by atoms with E-state index in [1.54, 1.807) is 0 Å². The molecule has 0 aliphatic heterocycles. The van der Waals surface area contributed by atoms with Crippen molar-refractivity contribution in [3.8, 4) is 0 Å². The van der Waals surface area contributed by atoms with E-state index >= 15 is 0 Å². The van der Waals surface area contributed by atoms with E-state index in [1.807, 2.05) is 12.3 Å². The average Bonchev–Trinajstić information content (AvgIpc) is 1.77. The third kappa shape index (κ3) is 1.62. The Bertz CT molecular complexity index is 167. The molecule has 0 spiro atoms. The first-order valence-corrected chi connectivity index (χ1v) is 5.04. The van der Waals surface area contributed by atoms with Gasteiger partial charge in [0.15, 0.2) is 0 Å². The quantitative estimate of drug-likeness (QED) is 0.541. The van der Waals surface area contributed by atoms with Gasteiger partial charge in [0.05, 0.1) is 0 Å². The van der Waals surface area contributed by atoms with E-state index in [9.17, 15) is 0 Å². The van der Waals surface area contributed by atoms with Crippen LogP contribution in [0, 0.1) is 0 Å². The molecule has 1 aromatic rings. The predicted octanol–water partition coefficient (Wildman–Crippen LogP) is -1.33. The average molecular weight is 315 g/mol. The van der Waals surface area contributed by atoms with Crippen molar-refractivity contribution in [1.29, 1.82) is 0 Å². The van der Waals surface area contributed by atoms with E-state index in [1.165, 1.54) is 52.3 Å². The van der Waals surface area contributed by atoms with E-state index in [0.29, 0.717) is 0 Å². The molecule has 1 heterocycles. The molecule has 0 bridgehead atoms. The van der Waals surface area contributed by atoms with Gasteiger partial charge in [0.2, 0.25) is 0 Å². The first kappa shape index (κ1) is 6.86. The number of nitrogens with zero attached hydrogens (tertiary/aromatic N) is 1. The minimum atomic E-state index is 1.25. The predicted molar refractivity (Wildman–Crippen MR) is 35.0 cm³/mol. The minimum absolute atomic E-state index is 1.25. The van der Waals surface area contributed by atoms with Gasteiger partial charge >= 0.3 is 75.7 Å². The summed E-state index contributed by atoms with van der Waals surface area (Å²) in [6, 6.07) is 4.10. The number of aromatic nitrogens is 1. The molecular weight excluding hydrogens is 311 g/mol. The summed E-state index contributed by atoms with van der Waals surface area (Å²) in [5, 5.41) is 0. The summed E-state index contributed by atoms with van der Waals surface area (Å²) in [6.07, 6.45) is 1.84. The summed E-state index contributed by atoms with van der Waals surface area (Å²) in [5.41, 5.74) is 0. The summed E-state index contributed by atoms with van der Waals surface area (Å²) in [7, 11) is 0. The van der Waals surface area contributed by atoms with E-state index < -0.39 is 0 Å². The summed E-state index contributed by atoms with van der Waals surface area (Å²) < 4.78 is 2.64. The van der Waals surface area contributed by atoms with Crippen molar-refractivity contribution < 1.29 is 0 Å². The number of hydrogen-bond acceptors (Lipinski definition) is 1. The van der Waals surface area contributed by atoms with Gasteiger partial charge in [-0.25, -0.2) is 0 Å². The molecule has 1 aromatic heterocycles. The molecule has 0 fully saturated rings. The molecular formula is C5H3NSn2. The summed E-state index contributed by atoms with van der Waals surface area (Å²) >= 11 is 2.89. The summed E-state index contributed by atoms with van der Waals surface area (Å²) in [4.78, 5) is 4.14. The Labute approximate surface area is 75.1 Å². The number of pyridine rings is 1. The molecule has 0 aromatic carbocycles. The van der Waals surface area contributed by atoms with E-state index in [0.717, 1.165) is 0 Å². The van der Waals surface area contributed by atoms with E-state index in [4.69, 9.17) is 0 Å². The van der Waals surface area contributed by atoms with Gasteiger partial charge in [-0.05, 0) is 0 Å². The zero-order valence-corrected chi connectivity index (χ0v) is 9.89. The van der Waals surface area contributed by atoms with E-state index in [-0.39, 0.29) is 0 Å². The van der Waals surface area contributed by atoms with Gasteiger partial charge in [-0.15, -0.1) is 0 Å². The Hall–Kier alpha value is 0.747. The van der Waals surface area contributed by atoms with E-state index in [2.05, 4.69) is 11.1 Å². The van der Waals surface area contributed by atoms with Crippen LogP contribution in [0.3, 0.4) is 0 Å². The molecule has 6 radical (unpaired) electrons. The summed E-state index contributed by atoms with van der Waals surface area (Å²) in [6.45, 7) is 0. The second-order valence-corrected chi connectivity index (χ2v) is 4.29. The Balaban J connectivity index is 3.13. The fraction of sp³-hybridized carbons (Fsp3) is 0. The first-order valence-electron chi connectivity index (χ1n) is 2.19. The van der Waals surface area contributed by atoms with Gasteiger partial charge in [0.25, 0.3) is 0 Å². The molecule has 8 heavy (non-hydrogen) atoms. The first-order chi connectivity index (χ1) is 3.80. The van der Waals surface area contributed by atoms with Gasteiger partial charge in [-0.1, -0.05) is 0 Å². The van der Waals surface area contributed by atoms with Gasteiger partial charge in [0.1, 0.15) is 0 Å². The monoisotopic (exact) mass is 317 g/mol. The summed E-state index contributed by atoms with van der Waals surface area (Å²) in [5.74, 6) is 0. The van der Waals surface area contributed by atoms with Gasteiger partial charge in [0, 0.05) is 0 Å². The fourth-order valence-corrected chi connectivity index (χ4v) is 1.31. The Morgan fingerprint density at radius 2 is 2.12 bits per heavy atom. The zero-order chi connectivity index (χ0) is 5.98. The maximum atomic E-state index is 4.14. The second kappa shape index (κ2) is 3.05. The van der Waals surface area contributed by atoms with Crippen molar-refractivity contribution in [3.05, 3.63) is 18.3 Å². The van der Waals surface area contributed by atoms with Crippen molar-refractivity contribution in [2.24, 2.45) is 0 Å². The molecule has 1 rings (SSSR count). The van der Waals surface area contributed by atoms with Crippen LogP contribution in [-0.2, 0) is 0 Å². The molecule has 0 atom stereocenters. The van der Waals surface area contributed by atoms with Crippen LogP contribution < -0.4 is 7.29 Å². The van der Waals surface area contributed by atoms with Gasteiger partial charge < -0.3 is 0 Å². The van der Waals surface area contributed by atoms with Crippen molar-refractivity contribution in [2.45, 2.75) is 0 Å². The van der Waals surface area contributed by atoms with Crippen LogP contribution >= 0.6 is 0 Å². The molecule has 3 heteroatoms. The molecule has 0 N–H and O–H groups in total. The molecule has 0 saturated heterocycles. The van der Waals surface area contributed by atoms with Crippen LogP contribution in [-0.4, -0.2) is 50.0 Å². The van der Waals surface area contributed by atoms with Gasteiger partial charge in [-0.2, -0.15) is 0 Å².